The molecule has 2 aromatic rings. The van der Waals surface area contributed by atoms with E-state index >= 15 is 0 Å². The lowest BCUT2D eigenvalue weighted by Gasteiger charge is -2.25. The van der Waals surface area contributed by atoms with Crippen molar-refractivity contribution in [2.24, 2.45) is 0 Å². The molecular formula is C15H19ClN2S. The number of aromatic amines is 1. The lowest BCUT2D eigenvalue weighted by molar-refractivity contribution is 0.495. The number of rotatable bonds is 2. The highest BCUT2D eigenvalue weighted by Crippen LogP contribution is 2.28. The predicted molar refractivity (Wildman–Crippen MR) is 83.6 cm³/mol. The topological polar surface area (TPSA) is 20.7 Å². The van der Waals surface area contributed by atoms with E-state index in [4.69, 9.17) is 23.8 Å². The van der Waals surface area contributed by atoms with Crippen molar-refractivity contribution >= 4 is 23.8 Å². The summed E-state index contributed by atoms with van der Waals surface area (Å²) < 4.78 is 2.94. The average Bonchev–Trinajstić information content (AvgIpc) is 2.71. The van der Waals surface area contributed by atoms with E-state index in [2.05, 4.69) is 37.2 Å². The molecule has 0 saturated heterocycles. The molecular weight excluding hydrogens is 276 g/mol. The quantitative estimate of drug-likeness (QED) is 0.764. The summed E-state index contributed by atoms with van der Waals surface area (Å²) in [6.45, 7) is 8.73. The minimum Gasteiger partial charge on any atom is -0.337 e. The number of aromatic nitrogens is 2. The SMILES string of the molecule is CC(c1ccc(Cl)cc1)n1c(C(C)(C)C)c[nH]c1=S. The Hall–Kier alpha value is -1.06. The summed E-state index contributed by atoms with van der Waals surface area (Å²) in [6, 6.07) is 8.12. The first-order chi connectivity index (χ1) is 8.80. The van der Waals surface area contributed by atoms with E-state index in [1.165, 1.54) is 11.3 Å². The molecule has 4 heteroatoms. The zero-order valence-electron chi connectivity index (χ0n) is 11.7. The molecule has 1 heterocycles. The smallest absolute Gasteiger partial charge is 0.177 e. The van der Waals surface area contributed by atoms with Crippen molar-refractivity contribution in [2.45, 2.75) is 39.2 Å². The first-order valence-corrected chi connectivity index (χ1v) is 7.15. The van der Waals surface area contributed by atoms with E-state index in [0.717, 1.165) is 9.79 Å². The van der Waals surface area contributed by atoms with Gasteiger partial charge < -0.3 is 9.55 Å². The molecule has 0 amide bonds. The van der Waals surface area contributed by atoms with Crippen LogP contribution >= 0.6 is 23.8 Å². The summed E-state index contributed by atoms with van der Waals surface area (Å²) in [6.07, 6.45) is 2.01. The second-order valence-electron chi connectivity index (χ2n) is 5.83. The maximum Gasteiger partial charge on any atom is 0.177 e. The molecule has 0 aliphatic carbocycles. The van der Waals surface area contributed by atoms with Gasteiger partial charge in [-0.25, -0.2) is 0 Å². The Balaban J connectivity index is 2.50. The molecule has 19 heavy (non-hydrogen) atoms. The Morgan fingerprint density at radius 1 is 1.21 bits per heavy atom. The zero-order chi connectivity index (χ0) is 14.2. The summed E-state index contributed by atoms with van der Waals surface area (Å²) in [5.41, 5.74) is 2.46. The molecule has 2 rings (SSSR count). The van der Waals surface area contributed by atoms with E-state index in [-0.39, 0.29) is 11.5 Å². The van der Waals surface area contributed by atoms with Crippen LogP contribution in [0.4, 0.5) is 0 Å². The summed E-state index contributed by atoms with van der Waals surface area (Å²) in [7, 11) is 0. The summed E-state index contributed by atoms with van der Waals surface area (Å²) in [4.78, 5) is 3.16. The molecule has 0 fully saturated rings. The van der Waals surface area contributed by atoms with Crippen molar-refractivity contribution < 1.29 is 0 Å². The summed E-state index contributed by atoms with van der Waals surface area (Å²) >= 11 is 11.4. The molecule has 1 N–H and O–H groups in total. The second kappa shape index (κ2) is 5.14. The molecule has 0 saturated carbocycles. The largest absolute Gasteiger partial charge is 0.337 e. The van der Waals surface area contributed by atoms with Gasteiger partial charge in [-0.1, -0.05) is 44.5 Å². The van der Waals surface area contributed by atoms with Crippen LogP contribution in [-0.4, -0.2) is 9.55 Å². The number of hydrogen-bond donors (Lipinski definition) is 1. The number of nitrogens with zero attached hydrogens (tertiary/aromatic N) is 1. The lowest BCUT2D eigenvalue weighted by atomic mass is 9.92. The minimum absolute atomic E-state index is 0.0498. The van der Waals surface area contributed by atoms with Crippen LogP contribution in [0, 0.1) is 4.77 Å². The highest BCUT2D eigenvalue weighted by atomic mass is 35.5. The van der Waals surface area contributed by atoms with E-state index in [1.807, 2.05) is 30.5 Å². The van der Waals surface area contributed by atoms with Crippen molar-refractivity contribution in [3.05, 3.63) is 51.5 Å². The predicted octanol–water partition coefficient (Wildman–Crippen LogP) is 5.11. The van der Waals surface area contributed by atoms with Gasteiger partial charge in [0.15, 0.2) is 4.77 Å². The third-order valence-corrected chi connectivity index (χ3v) is 3.89. The zero-order valence-corrected chi connectivity index (χ0v) is 13.3. The third kappa shape index (κ3) is 2.93. The fourth-order valence-electron chi connectivity index (χ4n) is 2.23. The Labute approximate surface area is 124 Å². The van der Waals surface area contributed by atoms with Gasteiger partial charge in [0.2, 0.25) is 0 Å². The second-order valence-corrected chi connectivity index (χ2v) is 6.65. The number of benzene rings is 1. The van der Waals surface area contributed by atoms with Gasteiger partial charge in [-0.2, -0.15) is 0 Å². The van der Waals surface area contributed by atoms with Crippen molar-refractivity contribution in [3.8, 4) is 0 Å². The third-order valence-electron chi connectivity index (χ3n) is 3.32. The molecule has 0 aliphatic rings. The molecule has 0 spiro atoms. The van der Waals surface area contributed by atoms with Crippen LogP contribution in [-0.2, 0) is 5.41 Å². The van der Waals surface area contributed by atoms with Gasteiger partial charge in [0.25, 0.3) is 0 Å². The lowest BCUT2D eigenvalue weighted by Crippen LogP contribution is -2.20. The molecule has 1 atom stereocenters. The molecule has 1 aromatic carbocycles. The normalized spacial score (nSPS) is 13.5. The average molecular weight is 295 g/mol. The van der Waals surface area contributed by atoms with Crippen molar-refractivity contribution in [1.82, 2.24) is 9.55 Å². The van der Waals surface area contributed by atoms with E-state index in [0.29, 0.717) is 0 Å². The van der Waals surface area contributed by atoms with Crippen LogP contribution in [0.15, 0.2) is 30.5 Å². The Morgan fingerprint density at radius 2 is 1.79 bits per heavy atom. The van der Waals surface area contributed by atoms with E-state index in [9.17, 15) is 0 Å². The number of H-pyrrole nitrogens is 1. The molecule has 0 radical (unpaired) electrons. The van der Waals surface area contributed by atoms with Crippen LogP contribution in [0.3, 0.4) is 0 Å². The minimum atomic E-state index is 0.0498. The van der Waals surface area contributed by atoms with Gasteiger partial charge in [0.05, 0.1) is 6.04 Å². The van der Waals surface area contributed by atoms with Gasteiger partial charge in [-0.05, 0) is 36.8 Å². The van der Waals surface area contributed by atoms with Crippen LogP contribution in [0.1, 0.15) is 45.0 Å². The molecule has 0 aliphatic heterocycles. The van der Waals surface area contributed by atoms with Crippen molar-refractivity contribution in [1.29, 1.82) is 0 Å². The van der Waals surface area contributed by atoms with Crippen molar-refractivity contribution in [2.75, 3.05) is 0 Å². The maximum atomic E-state index is 5.94. The number of halogens is 1. The van der Waals surface area contributed by atoms with Crippen LogP contribution in [0.2, 0.25) is 5.02 Å². The Bertz CT molecular complexity index is 617. The van der Waals surface area contributed by atoms with Gasteiger partial charge in [-0.3, -0.25) is 0 Å². The van der Waals surface area contributed by atoms with Gasteiger partial charge in [0.1, 0.15) is 0 Å². The molecule has 1 unspecified atom stereocenters. The van der Waals surface area contributed by atoms with Crippen LogP contribution < -0.4 is 0 Å². The fourth-order valence-corrected chi connectivity index (χ4v) is 2.67. The fraction of sp³-hybridized carbons (Fsp3) is 0.400. The van der Waals surface area contributed by atoms with Crippen LogP contribution in [0.5, 0.6) is 0 Å². The first-order valence-electron chi connectivity index (χ1n) is 6.36. The van der Waals surface area contributed by atoms with Gasteiger partial charge in [0, 0.05) is 22.3 Å². The Kier molecular flexibility index (Phi) is 3.88. The number of hydrogen-bond acceptors (Lipinski definition) is 1. The van der Waals surface area contributed by atoms with Gasteiger partial charge >= 0.3 is 0 Å². The molecule has 0 bridgehead atoms. The highest BCUT2D eigenvalue weighted by Gasteiger charge is 2.22. The molecule has 2 nitrogen and oxygen atoms in total. The molecule has 102 valence electrons. The van der Waals surface area contributed by atoms with Crippen LogP contribution in [0.25, 0.3) is 0 Å². The standard InChI is InChI=1S/C15H19ClN2S/c1-10(11-5-7-12(16)8-6-11)18-13(15(2,3)4)9-17-14(18)19/h5-10H,1-4H3,(H,17,19). The van der Waals surface area contributed by atoms with Crippen molar-refractivity contribution in [3.63, 3.8) is 0 Å². The van der Waals surface area contributed by atoms with E-state index < -0.39 is 0 Å². The van der Waals surface area contributed by atoms with E-state index in [1.54, 1.807) is 0 Å². The Morgan fingerprint density at radius 3 is 2.32 bits per heavy atom. The monoisotopic (exact) mass is 294 g/mol. The summed E-state index contributed by atoms with van der Waals surface area (Å²) in [5, 5.41) is 0.754. The highest BCUT2D eigenvalue weighted by molar-refractivity contribution is 7.71. The first kappa shape index (κ1) is 14.4. The number of nitrogens with one attached hydrogen (secondary N) is 1. The summed E-state index contributed by atoms with van der Waals surface area (Å²) in [5.74, 6) is 0. The van der Waals surface area contributed by atoms with Gasteiger partial charge in [-0.15, -0.1) is 0 Å². The maximum absolute atomic E-state index is 5.94. The number of imidazole rings is 1. The molecule has 1 aromatic heterocycles.